The fourth-order valence-electron chi connectivity index (χ4n) is 2.18. The fraction of sp³-hybridized carbons (Fsp3) is 0.0714. The van der Waals surface area contributed by atoms with Crippen molar-refractivity contribution in [3.8, 4) is 0 Å². The SMILES string of the molecule is Nc1ncnc2c1ncn2C(C(=O)O)C(=O)c1ccccc1. The Balaban J connectivity index is 2.14. The lowest BCUT2D eigenvalue weighted by molar-refractivity contribution is -0.139. The number of rotatable bonds is 4. The Hall–Kier alpha value is -3.29. The van der Waals surface area contributed by atoms with E-state index in [0.29, 0.717) is 5.56 Å². The van der Waals surface area contributed by atoms with Crippen LogP contribution in [0.3, 0.4) is 0 Å². The van der Waals surface area contributed by atoms with Gasteiger partial charge in [-0.25, -0.2) is 19.7 Å². The molecule has 0 saturated carbocycles. The largest absolute Gasteiger partial charge is 0.479 e. The molecule has 1 unspecified atom stereocenters. The molecule has 3 rings (SSSR count). The molecular formula is C14H11N5O3. The topological polar surface area (TPSA) is 124 Å². The van der Waals surface area contributed by atoms with Gasteiger partial charge in [-0.15, -0.1) is 0 Å². The summed E-state index contributed by atoms with van der Waals surface area (Å²) in [5.41, 5.74) is 6.42. The molecule has 1 aromatic carbocycles. The lowest BCUT2D eigenvalue weighted by Crippen LogP contribution is -2.27. The molecule has 0 saturated heterocycles. The quantitative estimate of drug-likeness (QED) is 0.542. The van der Waals surface area contributed by atoms with Gasteiger partial charge < -0.3 is 10.8 Å². The Labute approximate surface area is 124 Å². The van der Waals surface area contributed by atoms with Gasteiger partial charge in [-0.2, -0.15) is 0 Å². The van der Waals surface area contributed by atoms with Crippen LogP contribution >= 0.6 is 0 Å². The van der Waals surface area contributed by atoms with Crippen LogP contribution in [0.1, 0.15) is 16.4 Å². The number of ketones is 1. The Morgan fingerprint density at radius 2 is 1.86 bits per heavy atom. The highest BCUT2D eigenvalue weighted by Gasteiger charge is 2.31. The van der Waals surface area contributed by atoms with Gasteiger partial charge in [-0.1, -0.05) is 30.3 Å². The van der Waals surface area contributed by atoms with E-state index in [9.17, 15) is 14.7 Å². The van der Waals surface area contributed by atoms with E-state index in [2.05, 4.69) is 15.0 Å². The van der Waals surface area contributed by atoms with Crippen LogP contribution in [0.15, 0.2) is 43.0 Å². The van der Waals surface area contributed by atoms with Gasteiger partial charge in [0, 0.05) is 5.56 Å². The normalized spacial score (nSPS) is 12.2. The van der Waals surface area contributed by atoms with Crippen molar-refractivity contribution in [3.05, 3.63) is 48.5 Å². The fourth-order valence-corrected chi connectivity index (χ4v) is 2.18. The summed E-state index contributed by atoms with van der Waals surface area (Å²) in [6, 6.07) is 6.72. The number of hydrogen-bond acceptors (Lipinski definition) is 6. The molecule has 0 bridgehead atoms. The molecule has 22 heavy (non-hydrogen) atoms. The number of benzene rings is 1. The third-order valence-electron chi connectivity index (χ3n) is 3.21. The van der Waals surface area contributed by atoms with E-state index in [-0.39, 0.29) is 17.0 Å². The van der Waals surface area contributed by atoms with Crippen molar-refractivity contribution in [1.82, 2.24) is 19.5 Å². The van der Waals surface area contributed by atoms with Crippen molar-refractivity contribution in [3.63, 3.8) is 0 Å². The van der Waals surface area contributed by atoms with Gasteiger partial charge in [-0.05, 0) is 0 Å². The molecule has 110 valence electrons. The zero-order valence-corrected chi connectivity index (χ0v) is 11.2. The molecule has 0 amide bonds. The number of carbonyl (C=O) groups is 2. The first-order valence-electron chi connectivity index (χ1n) is 6.34. The molecule has 1 atom stereocenters. The van der Waals surface area contributed by atoms with Crippen LogP contribution in [-0.4, -0.2) is 36.4 Å². The number of imidazole rings is 1. The van der Waals surface area contributed by atoms with Crippen LogP contribution in [0.2, 0.25) is 0 Å². The maximum absolute atomic E-state index is 12.5. The molecular weight excluding hydrogens is 286 g/mol. The predicted octanol–water partition coefficient (Wildman–Crippen LogP) is 0.917. The van der Waals surface area contributed by atoms with Crippen molar-refractivity contribution in [1.29, 1.82) is 0 Å². The lowest BCUT2D eigenvalue weighted by Gasteiger charge is -2.13. The average Bonchev–Trinajstić information content (AvgIpc) is 2.93. The van der Waals surface area contributed by atoms with E-state index in [4.69, 9.17) is 5.73 Å². The minimum atomic E-state index is -1.47. The molecule has 3 aromatic rings. The summed E-state index contributed by atoms with van der Waals surface area (Å²) in [4.78, 5) is 35.9. The van der Waals surface area contributed by atoms with Gasteiger partial charge in [0.1, 0.15) is 11.8 Å². The summed E-state index contributed by atoms with van der Waals surface area (Å²) in [6.45, 7) is 0. The molecule has 3 N–H and O–H groups in total. The summed E-state index contributed by atoms with van der Waals surface area (Å²) in [7, 11) is 0. The Morgan fingerprint density at radius 1 is 1.14 bits per heavy atom. The second-order valence-electron chi connectivity index (χ2n) is 4.55. The van der Waals surface area contributed by atoms with Crippen LogP contribution in [0.25, 0.3) is 11.2 Å². The number of aliphatic carboxylic acids is 1. The van der Waals surface area contributed by atoms with E-state index < -0.39 is 17.8 Å². The maximum atomic E-state index is 12.5. The van der Waals surface area contributed by atoms with Crippen molar-refractivity contribution in [2.45, 2.75) is 6.04 Å². The van der Waals surface area contributed by atoms with E-state index in [1.165, 1.54) is 17.2 Å². The van der Waals surface area contributed by atoms with Gasteiger partial charge in [-0.3, -0.25) is 9.36 Å². The first-order chi connectivity index (χ1) is 10.6. The van der Waals surface area contributed by atoms with Crippen molar-refractivity contribution < 1.29 is 14.7 Å². The van der Waals surface area contributed by atoms with Crippen LogP contribution in [0.5, 0.6) is 0 Å². The van der Waals surface area contributed by atoms with Gasteiger partial charge in [0.05, 0.1) is 6.33 Å². The minimum Gasteiger partial charge on any atom is -0.479 e. The zero-order chi connectivity index (χ0) is 15.7. The summed E-state index contributed by atoms with van der Waals surface area (Å²) >= 11 is 0. The second kappa shape index (κ2) is 5.24. The van der Waals surface area contributed by atoms with Gasteiger partial charge in [0.2, 0.25) is 0 Å². The highest BCUT2D eigenvalue weighted by molar-refractivity contribution is 6.10. The Bertz CT molecular complexity index is 859. The first kappa shape index (κ1) is 13.7. The zero-order valence-electron chi connectivity index (χ0n) is 11.2. The molecule has 2 heterocycles. The molecule has 0 aliphatic rings. The number of nitrogens with zero attached hydrogens (tertiary/aromatic N) is 4. The predicted molar refractivity (Wildman–Crippen MR) is 77.2 cm³/mol. The number of carboxylic acids is 1. The van der Waals surface area contributed by atoms with E-state index in [0.717, 1.165) is 0 Å². The summed E-state index contributed by atoms with van der Waals surface area (Å²) in [5, 5.41) is 9.46. The van der Waals surface area contributed by atoms with E-state index >= 15 is 0 Å². The highest BCUT2D eigenvalue weighted by atomic mass is 16.4. The summed E-state index contributed by atoms with van der Waals surface area (Å²) < 4.78 is 1.19. The Kier molecular flexibility index (Phi) is 3.26. The summed E-state index contributed by atoms with van der Waals surface area (Å²) in [6.07, 6.45) is 2.43. The number of Topliss-reactive ketones (excluding diaryl/α,β-unsaturated/α-hetero) is 1. The average molecular weight is 297 g/mol. The van der Waals surface area contributed by atoms with Gasteiger partial charge in [0.25, 0.3) is 0 Å². The van der Waals surface area contributed by atoms with Crippen molar-refractivity contribution in [2.24, 2.45) is 0 Å². The minimum absolute atomic E-state index is 0.125. The first-order valence-corrected chi connectivity index (χ1v) is 6.34. The summed E-state index contributed by atoms with van der Waals surface area (Å²) in [5.74, 6) is -1.74. The number of nitrogen functional groups attached to an aromatic ring is 1. The second-order valence-corrected chi connectivity index (χ2v) is 4.55. The van der Waals surface area contributed by atoms with E-state index in [1.54, 1.807) is 30.3 Å². The molecule has 8 nitrogen and oxygen atoms in total. The van der Waals surface area contributed by atoms with Crippen LogP contribution < -0.4 is 5.73 Å². The number of hydrogen-bond donors (Lipinski definition) is 2. The number of carbonyl (C=O) groups excluding carboxylic acids is 1. The van der Waals surface area contributed by atoms with Gasteiger partial charge >= 0.3 is 5.97 Å². The highest BCUT2D eigenvalue weighted by Crippen LogP contribution is 2.22. The number of anilines is 1. The number of aromatic nitrogens is 4. The van der Waals surface area contributed by atoms with E-state index in [1.807, 2.05) is 0 Å². The smallest absolute Gasteiger partial charge is 0.335 e. The standard InChI is InChI=1S/C14H11N5O3/c15-12-9-13(17-6-16-12)19(7-18-9)10(14(21)22)11(20)8-4-2-1-3-5-8/h1-7,10H,(H,21,22)(H2,15,16,17). The van der Waals surface area contributed by atoms with Crippen molar-refractivity contribution in [2.75, 3.05) is 5.73 Å². The van der Waals surface area contributed by atoms with Crippen LogP contribution in [0, 0.1) is 0 Å². The maximum Gasteiger partial charge on any atom is 0.335 e. The third kappa shape index (κ3) is 2.16. The van der Waals surface area contributed by atoms with Crippen LogP contribution in [0.4, 0.5) is 5.82 Å². The molecule has 2 aromatic heterocycles. The molecule has 8 heteroatoms. The van der Waals surface area contributed by atoms with Crippen molar-refractivity contribution >= 4 is 28.7 Å². The Morgan fingerprint density at radius 3 is 2.55 bits per heavy atom. The molecule has 0 fully saturated rings. The molecule has 0 radical (unpaired) electrons. The number of carboxylic acid groups (broad SMARTS) is 1. The van der Waals surface area contributed by atoms with Crippen LogP contribution in [-0.2, 0) is 4.79 Å². The molecule has 0 spiro atoms. The number of fused-ring (bicyclic) bond motifs is 1. The third-order valence-corrected chi connectivity index (χ3v) is 3.21. The number of nitrogens with two attached hydrogens (primary N) is 1. The monoisotopic (exact) mass is 297 g/mol. The van der Waals surface area contributed by atoms with Gasteiger partial charge in [0.15, 0.2) is 23.3 Å². The molecule has 0 aliphatic heterocycles. The molecule has 0 aliphatic carbocycles. The lowest BCUT2D eigenvalue weighted by atomic mass is 10.0.